The maximum Gasteiger partial charge on any atom is 0.0577 e. The summed E-state index contributed by atoms with van der Waals surface area (Å²) in [4.78, 5) is 0. The fourth-order valence-corrected chi connectivity index (χ4v) is 7.48. The van der Waals surface area contributed by atoms with Crippen LogP contribution in [0.15, 0.2) is 16.8 Å². The normalized spacial score (nSPS) is 49.8. The first-order chi connectivity index (χ1) is 11.9. The van der Waals surface area contributed by atoms with Gasteiger partial charge >= 0.3 is 0 Å². The number of oxime groups is 1. The molecule has 4 aliphatic carbocycles. The number of nitrogens with zero attached hydrogens (tertiary/aromatic N) is 1. The Bertz CT molecular complexity index is 597. The molecule has 3 nitrogen and oxygen atoms in total. The van der Waals surface area contributed by atoms with Gasteiger partial charge in [-0.05, 0) is 99.2 Å². The molecule has 3 saturated carbocycles. The van der Waals surface area contributed by atoms with Gasteiger partial charge in [0.1, 0.15) is 0 Å². The standard InChI is InChI=1S/C22H35NO2/c1-14(23-25)12-15-5-7-19-18-6-4-16-13-17(24)8-10-21(16,2)20(18)9-11-22(15,19)3/h4,15,17-20,24-25H,5-13H2,1-3H3/b23-14+. The van der Waals surface area contributed by atoms with Crippen LogP contribution in [0.4, 0.5) is 0 Å². The van der Waals surface area contributed by atoms with E-state index in [1.807, 2.05) is 6.92 Å². The van der Waals surface area contributed by atoms with Gasteiger partial charge in [-0.2, -0.15) is 0 Å². The van der Waals surface area contributed by atoms with Crippen molar-refractivity contribution in [2.75, 3.05) is 0 Å². The molecule has 2 N–H and O–H groups in total. The molecule has 0 radical (unpaired) electrons. The Morgan fingerprint density at radius 2 is 1.96 bits per heavy atom. The second-order valence-corrected chi connectivity index (χ2v) is 10.0. The predicted molar refractivity (Wildman–Crippen MR) is 101 cm³/mol. The molecular weight excluding hydrogens is 310 g/mol. The van der Waals surface area contributed by atoms with Crippen LogP contribution in [0.1, 0.15) is 78.6 Å². The third kappa shape index (κ3) is 2.60. The highest BCUT2D eigenvalue weighted by Crippen LogP contribution is 2.66. The summed E-state index contributed by atoms with van der Waals surface area (Å²) in [5, 5.41) is 22.7. The Morgan fingerprint density at radius 3 is 2.72 bits per heavy atom. The average molecular weight is 346 g/mol. The zero-order chi connectivity index (χ0) is 17.8. The lowest BCUT2D eigenvalue weighted by molar-refractivity contribution is -0.0488. The van der Waals surface area contributed by atoms with E-state index in [4.69, 9.17) is 5.21 Å². The van der Waals surface area contributed by atoms with Crippen LogP contribution in [0, 0.1) is 34.5 Å². The molecule has 0 spiro atoms. The van der Waals surface area contributed by atoms with Gasteiger partial charge in [0.15, 0.2) is 0 Å². The highest BCUT2D eigenvalue weighted by atomic mass is 16.4. The van der Waals surface area contributed by atoms with E-state index in [9.17, 15) is 5.11 Å². The van der Waals surface area contributed by atoms with Gasteiger partial charge in [-0.25, -0.2) is 0 Å². The van der Waals surface area contributed by atoms with Gasteiger partial charge in [-0.3, -0.25) is 0 Å². The molecule has 0 aromatic carbocycles. The van der Waals surface area contributed by atoms with E-state index in [0.29, 0.717) is 16.7 Å². The number of rotatable bonds is 2. The molecule has 0 aliphatic heterocycles. The van der Waals surface area contributed by atoms with E-state index < -0.39 is 0 Å². The zero-order valence-corrected chi connectivity index (χ0v) is 16.2. The minimum Gasteiger partial charge on any atom is -0.411 e. The van der Waals surface area contributed by atoms with Crippen molar-refractivity contribution >= 4 is 5.71 Å². The van der Waals surface area contributed by atoms with E-state index in [2.05, 4.69) is 25.1 Å². The van der Waals surface area contributed by atoms with Crippen LogP contribution < -0.4 is 0 Å². The van der Waals surface area contributed by atoms with Crippen LogP contribution in [0.3, 0.4) is 0 Å². The number of hydrogen-bond donors (Lipinski definition) is 2. The fourth-order valence-electron chi connectivity index (χ4n) is 7.48. The van der Waals surface area contributed by atoms with Gasteiger partial charge in [-0.15, -0.1) is 0 Å². The Labute approximate surface area is 152 Å². The minimum absolute atomic E-state index is 0.110. The molecule has 7 unspecified atom stereocenters. The van der Waals surface area contributed by atoms with Gasteiger partial charge in [0.2, 0.25) is 0 Å². The van der Waals surface area contributed by atoms with E-state index in [0.717, 1.165) is 42.7 Å². The van der Waals surface area contributed by atoms with E-state index in [-0.39, 0.29) is 6.10 Å². The molecule has 0 aromatic rings. The summed E-state index contributed by atoms with van der Waals surface area (Å²) < 4.78 is 0. The highest BCUT2D eigenvalue weighted by Gasteiger charge is 2.58. The molecular formula is C22H35NO2. The van der Waals surface area contributed by atoms with Crippen LogP contribution in [0.2, 0.25) is 0 Å². The van der Waals surface area contributed by atoms with Crippen LogP contribution in [-0.4, -0.2) is 22.1 Å². The molecule has 3 heteroatoms. The van der Waals surface area contributed by atoms with Crippen molar-refractivity contribution < 1.29 is 10.3 Å². The van der Waals surface area contributed by atoms with Crippen molar-refractivity contribution in [2.24, 2.45) is 39.7 Å². The molecule has 3 fully saturated rings. The van der Waals surface area contributed by atoms with Gasteiger partial charge < -0.3 is 10.3 Å². The number of fused-ring (bicyclic) bond motifs is 5. The monoisotopic (exact) mass is 345 g/mol. The lowest BCUT2D eigenvalue weighted by Gasteiger charge is -2.58. The van der Waals surface area contributed by atoms with Crippen LogP contribution in [0.5, 0.6) is 0 Å². The maximum atomic E-state index is 10.1. The summed E-state index contributed by atoms with van der Waals surface area (Å²) in [6.45, 7) is 6.99. The first-order valence-electron chi connectivity index (χ1n) is 10.4. The quantitative estimate of drug-likeness (QED) is 0.314. The summed E-state index contributed by atoms with van der Waals surface area (Å²) in [6.07, 6.45) is 13.0. The first kappa shape index (κ1) is 17.6. The third-order valence-corrected chi connectivity index (χ3v) is 8.99. The molecule has 4 aliphatic rings. The van der Waals surface area contributed by atoms with Gasteiger partial charge in [0, 0.05) is 0 Å². The largest absolute Gasteiger partial charge is 0.411 e. The molecule has 25 heavy (non-hydrogen) atoms. The molecule has 0 heterocycles. The van der Waals surface area contributed by atoms with Crippen molar-refractivity contribution in [2.45, 2.75) is 84.7 Å². The van der Waals surface area contributed by atoms with Crippen molar-refractivity contribution in [1.29, 1.82) is 0 Å². The van der Waals surface area contributed by atoms with E-state index in [1.54, 1.807) is 5.57 Å². The van der Waals surface area contributed by atoms with Gasteiger partial charge in [0.05, 0.1) is 11.8 Å². The summed E-state index contributed by atoms with van der Waals surface area (Å²) in [5.41, 5.74) is 3.22. The van der Waals surface area contributed by atoms with Crippen molar-refractivity contribution in [1.82, 2.24) is 0 Å². The Kier molecular flexibility index (Phi) is 4.30. The van der Waals surface area contributed by atoms with Crippen molar-refractivity contribution in [3.63, 3.8) is 0 Å². The van der Waals surface area contributed by atoms with Gasteiger partial charge in [0.25, 0.3) is 0 Å². The topological polar surface area (TPSA) is 52.8 Å². The Balaban J connectivity index is 1.60. The fraction of sp³-hybridized carbons (Fsp3) is 0.864. The third-order valence-electron chi connectivity index (χ3n) is 8.99. The molecule has 0 saturated heterocycles. The maximum absolute atomic E-state index is 10.1. The minimum atomic E-state index is -0.110. The predicted octanol–water partition coefficient (Wildman–Crippen LogP) is 5.17. The Hall–Kier alpha value is -0.830. The number of hydrogen-bond acceptors (Lipinski definition) is 3. The van der Waals surface area contributed by atoms with E-state index in [1.165, 1.54) is 38.5 Å². The smallest absolute Gasteiger partial charge is 0.0577 e. The molecule has 140 valence electrons. The molecule has 0 bridgehead atoms. The number of aliphatic hydroxyl groups is 1. The number of allylic oxidation sites excluding steroid dienone is 1. The summed E-state index contributed by atoms with van der Waals surface area (Å²) in [7, 11) is 0. The second kappa shape index (κ2) is 6.11. The summed E-state index contributed by atoms with van der Waals surface area (Å²) >= 11 is 0. The lowest BCUT2D eigenvalue weighted by atomic mass is 9.47. The molecule has 4 rings (SSSR count). The number of aliphatic hydroxyl groups excluding tert-OH is 1. The van der Waals surface area contributed by atoms with E-state index >= 15 is 0 Å². The molecule has 7 atom stereocenters. The van der Waals surface area contributed by atoms with Crippen LogP contribution in [-0.2, 0) is 0 Å². The summed E-state index contributed by atoms with van der Waals surface area (Å²) in [6, 6.07) is 0. The first-order valence-corrected chi connectivity index (χ1v) is 10.4. The SMILES string of the molecule is C/C(CC1CCC2C3CC=C4CC(O)CCC4(C)C3CCC12C)=N\O. The lowest BCUT2D eigenvalue weighted by Crippen LogP contribution is -2.50. The van der Waals surface area contributed by atoms with Gasteiger partial charge in [-0.1, -0.05) is 30.7 Å². The average Bonchev–Trinajstić information content (AvgIpc) is 2.92. The van der Waals surface area contributed by atoms with Crippen LogP contribution >= 0.6 is 0 Å². The molecule has 0 amide bonds. The Morgan fingerprint density at radius 1 is 1.16 bits per heavy atom. The molecule has 0 aromatic heterocycles. The summed E-state index contributed by atoms with van der Waals surface area (Å²) in [5.74, 6) is 3.13. The van der Waals surface area contributed by atoms with Crippen molar-refractivity contribution in [3.05, 3.63) is 11.6 Å². The zero-order valence-electron chi connectivity index (χ0n) is 16.2. The second-order valence-electron chi connectivity index (χ2n) is 10.0. The van der Waals surface area contributed by atoms with Crippen molar-refractivity contribution in [3.8, 4) is 0 Å². The van der Waals surface area contributed by atoms with Crippen LogP contribution in [0.25, 0.3) is 0 Å². The highest BCUT2D eigenvalue weighted by molar-refractivity contribution is 5.81.